The zero-order chi connectivity index (χ0) is 13.3. The van der Waals surface area contributed by atoms with Gasteiger partial charge in [0.15, 0.2) is 0 Å². The lowest BCUT2D eigenvalue weighted by molar-refractivity contribution is 0.204. The minimum Gasteiger partial charge on any atom is -0.304 e. The van der Waals surface area contributed by atoms with Crippen molar-refractivity contribution < 1.29 is 0 Å². The Hall–Kier alpha value is 1.38. The van der Waals surface area contributed by atoms with E-state index < -0.39 is 0 Å². The molecule has 0 rings (SSSR count). The second kappa shape index (κ2) is 11.2. The van der Waals surface area contributed by atoms with E-state index in [-0.39, 0.29) is 0 Å². The summed E-state index contributed by atoms with van der Waals surface area (Å²) in [6.07, 6.45) is 3.98. The zero-order valence-corrected chi connectivity index (χ0v) is 16.1. The predicted octanol–water partition coefficient (Wildman–Crippen LogP) is 3.67. The molecule has 0 aliphatic rings. The molecule has 0 aromatic heterocycles. The Balaban J connectivity index is 3.88. The van der Waals surface area contributed by atoms with Gasteiger partial charge in [0, 0.05) is 16.5 Å². The Labute approximate surface area is 135 Å². The smallest absolute Gasteiger partial charge is 0.0194 e. The number of alkyl halides is 2. The molecule has 0 fully saturated rings. The van der Waals surface area contributed by atoms with Crippen LogP contribution in [-0.2, 0) is 0 Å². The summed E-state index contributed by atoms with van der Waals surface area (Å²) in [5.41, 5.74) is 0. The molecule has 0 aliphatic heterocycles. The monoisotopic (exact) mass is 466 g/mol. The van der Waals surface area contributed by atoms with Gasteiger partial charge in [0.25, 0.3) is 0 Å². The van der Waals surface area contributed by atoms with E-state index in [9.17, 15) is 0 Å². The molecule has 0 radical (unpaired) electrons. The lowest BCUT2D eigenvalue weighted by atomic mass is 10.2. The van der Waals surface area contributed by atoms with Crippen molar-refractivity contribution in [3.63, 3.8) is 0 Å². The van der Waals surface area contributed by atoms with E-state index in [0.717, 1.165) is 6.04 Å². The van der Waals surface area contributed by atoms with Crippen LogP contribution >= 0.6 is 45.2 Å². The van der Waals surface area contributed by atoms with Crippen LogP contribution in [0.3, 0.4) is 0 Å². The Kier molecular flexibility index (Phi) is 12.1. The van der Waals surface area contributed by atoms with E-state index in [2.05, 4.69) is 82.9 Å². The molecule has 1 atom stereocenters. The molecule has 0 saturated carbocycles. The number of halogens is 2. The van der Waals surface area contributed by atoms with Crippen LogP contribution < -0.4 is 0 Å². The van der Waals surface area contributed by atoms with E-state index in [1.54, 1.807) is 0 Å². The van der Waals surface area contributed by atoms with Gasteiger partial charge in [-0.2, -0.15) is 0 Å². The molecule has 1 unspecified atom stereocenters. The van der Waals surface area contributed by atoms with Gasteiger partial charge >= 0.3 is 0 Å². The van der Waals surface area contributed by atoms with Gasteiger partial charge in [0.05, 0.1) is 0 Å². The highest BCUT2D eigenvalue weighted by atomic mass is 127. The second-order valence-corrected chi connectivity index (χ2v) is 7.01. The molecule has 0 amide bonds. The van der Waals surface area contributed by atoms with Crippen LogP contribution in [0.25, 0.3) is 0 Å². The van der Waals surface area contributed by atoms with Crippen molar-refractivity contribution in [1.82, 2.24) is 9.80 Å². The van der Waals surface area contributed by atoms with Gasteiger partial charge in [-0.15, -0.1) is 0 Å². The van der Waals surface area contributed by atoms with Crippen molar-refractivity contribution in [1.29, 1.82) is 0 Å². The molecule has 0 aliphatic carbocycles. The van der Waals surface area contributed by atoms with Crippen LogP contribution in [0.5, 0.6) is 0 Å². The highest BCUT2D eigenvalue weighted by Gasteiger charge is 2.14. The fourth-order valence-electron chi connectivity index (χ4n) is 1.66. The third-order valence-corrected chi connectivity index (χ3v) is 5.17. The molecular formula is C13H28I2N2. The summed E-state index contributed by atoms with van der Waals surface area (Å²) in [5.74, 6) is 0. The summed E-state index contributed by atoms with van der Waals surface area (Å²) in [6, 6.07) is 1.40. The molecular weight excluding hydrogens is 438 g/mol. The molecule has 0 aromatic rings. The lowest BCUT2D eigenvalue weighted by Crippen LogP contribution is -2.38. The number of hydrogen-bond acceptors (Lipinski definition) is 2. The first-order chi connectivity index (χ1) is 8.02. The van der Waals surface area contributed by atoms with Gasteiger partial charge in [-0.3, -0.25) is 0 Å². The van der Waals surface area contributed by atoms with Crippen molar-refractivity contribution in [3.05, 3.63) is 0 Å². The molecule has 2 nitrogen and oxygen atoms in total. The van der Waals surface area contributed by atoms with Gasteiger partial charge in [0.1, 0.15) is 0 Å². The summed E-state index contributed by atoms with van der Waals surface area (Å²) in [5, 5.41) is 0. The molecule has 104 valence electrons. The van der Waals surface area contributed by atoms with Crippen molar-refractivity contribution >= 4 is 45.2 Å². The predicted molar refractivity (Wildman–Crippen MR) is 95.8 cm³/mol. The average Bonchev–Trinajstić information content (AvgIpc) is 2.29. The maximum absolute atomic E-state index is 2.55. The van der Waals surface area contributed by atoms with E-state index in [0.29, 0.717) is 6.04 Å². The van der Waals surface area contributed by atoms with Crippen LogP contribution in [0.15, 0.2) is 0 Å². The highest BCUT2D eigenvalue weighted by Crippen LogP contribution is 2.09. The summed E-state index contributed by atoms with van der Waals surface area (Å²) >= 11 is 4.99. The Bertz CT molecular complexity index is 177. The summed E-state index contributed by atoms with van der Waals surface area (Å²) in [4.78, 5) is 4.99. The molecule has 4 heteroatoms. The van der Waals surface area contributed by atoms with Crippen LogP contribution in [0.4, 0.5) is 0 Å². The molecule has 0 bridgehead atoms. The third kappa shape index (κ3) is 8.99. The van der Waals surface area contributed by atoms with Gasteiger partial charge in [0.2, 0.25) is 0 Å². The quantitative estimate of drug-likeness (QED) is 0.276. The van der Waals surface area contributed by atoms with Gasteiger partial charge in [-0.1, -0.05) is 45.2 Å². The number of hydrogen-bond donors (Lipinski definition) is 0. The Morgan fingerprint density at radius 2 is 1.59 bits per heavy atom. The minimum atomic E-state index is 0.661. The zero-order valence-electron chi connectivity index (χ0n) is 11.8. The fourth-order valence-corrected chi connectivity index (χ4v) is 3.32. The first kappa shape index (κ1) is 18.4. The fraction of sp³-hybridized carbons (Fsp3) is 1.00. The third-order valence-electron chi connectivity index (χ3n) is 3.39. The molecule has 0 heterocycles. The molecule has 17 heavy (non-hydrogen) atoms. The largest absolute Gasteiger partial charge is 0.304 e. The van der Waals surface area contributed by atoms with Crippen molar-refractivity contribution in [2.24, 2.45) is 0 Å². The van der Waals surface area contributed by atoms with E-state index in [4.69, 9.17) is 0 Å². The lowest BCUT2D eigenvalue weighted by Gasteiger charge is -2.29. The molecule has 0 spiro atoms. The van der Waals surface area contributed by atoms with Crippen LogP contribution in [-0.4, -0.2) is 57.9 Å². The number of unbranched alkanes of at least 4 members (excludes halogenated alkanes) is 1. The van der Waals surface area contributed by atoms with Gasteiger partial charge in [-0.05, 0) is 64.7 Å². The van der Waals surface area contributed by atoms with Crippen LogP contribution in [0.2, 0.25) is 0 Å². The van der Waals surface area contributed by atoms with E-state index in [1.807, 2.05) is 0 Å². The van der Waals surface area contributed by atoms with Crippen molar-refractivity contribution in [3.8, 4) is 0 Å². The minimum absolute atomic E-state index is 0.661. The number of rotatable bonds is 10. The first-order valence-corrected chi connectivity index (χ1v) is 9.60. The normalized spacial score (nSPS) is 13.9. The maximum atomic E-state index is 2.55. The summed E-state index contributed by atoms with van der Waals surface area (Å²) in [6.45, 7) is 7.00. The van der Waals surface area contributed by atoms with Gasteiger partial charge in [-0.25, -0.2) is 0 Å². The second-order valence-electron chi connectivity index (χ2n) is 5.05. The van der Waals surface area contributed by atoms with E-state index in [1.165, 1.54) is 41.2 Å². The van der Waals surface area contributed by atoms with Crippen LogP contribution in [0.1, 0.15) is 33.1 Å². The number of nitrogens with zero attached hydrogens (tertiary/aromatic N) is 2. The summed E-state index contributed by atoms with van der Waals surface area (Å²) < 4.78 is 2.53. The molecule has 0 aromatic carbocycles. The summed E-state index contributed by atoms with van der Waals surface area (Å²) in [7, 11) is 4.51. The van der Waals surface area contributed by atoms with Crippen molar-refractivity contribution in [2.45, 2.75) is 45.2 Å². The van der Waals surface area contributed by atoms with Crippen molar-refractivity contribution in [2.75, 3.05) is 36.0 Å². The molecule has 0 N–H and O–H groups in total. The topological polar surface area (TPSA) is 6.48 Å². The standard InChI is InChI=1S/C13H28I2N2/c1-12(2)16(3)10-7-13(11-15)17(4)9-6-5-8-14/h12-13H,5-11H2,1-4H3. The average molecular weight is 466 g/mol. The van der Waals surface area contributed by atoms with E-state index >= 15 is 0 Å². The highest BCUT2D eigenvalue weighted by molar-refractivity contribution is 14.1. The molecule has 0 saturated heterocycles. The Morgan fingerprint density at radius 1 is 0.941 bits per heavy atom. The first-order valence-electron chi connectivity index (χ1n) is 6.55. The van der Waals surface area contributed by atoms with Gasteiger partial charge < -0.3 is 9.80 Å². The maximum Gasteiger partial charge on any atom is 0.0194 e. The van der Waals surface area contributed by atoms with Crippen LogP contribution in [0, 0.1) is 0 Å². The Morgan fingerprint density at radius 3 is 2.06 bits per heavy atom. The SMILES string of the molecule is CC(C)N(C)CCC(CI)N(C)CCCCI.